The van der Waals surface area contributed by atoms with Gasteiger partial charge in [-0.15, -0.1) is 0 Å². The fourth-order valence-electron chi connectivity index (χ4n) is 2.55. The SMILES string of the molecule is Cn1ccnc1[C@H](NC(=O)COc1ccc(Br)cc1F)c1ccc(Cl)cc1. The Morgan fingerprint density at radius 1 is 1.33 bits per heavy atom. The van der Waals surface area contributed by atoms with E-state index in [2.05, 4.69) is 26.2 Å². The molecule has 2 aromatic carbocycles. The zero-order chi connectivity index (χ0) is 19.4. The van der Waals surface area contributed by atoms with E-state index in [1.54, 1.807) is 30.6 Å². The number of hydrogen-bond donors (Lipinski definition) is 1. The van der Waals surface area contributed by atoms with Crippen molar-refractivity contribution in [2.24, 2.45) is 7.05 Å². The number of carbonyl (C=O) groups is 1. The van der Waals surface area contributed by atoms with E-state index < -0.39 is 17.8 Å². The molecule has 0 bridgehead atoms. The van der Waals surface area contributed by atoms with Crippen molar-refractivity contribution >= 4 is 33.4 Å². The Kier molecular flexibility index (Phi) is 6.13. The Hall–Kier alpha value is -2.38. The molecule has 27 heavy (non-hydrogen) atoms. The molecule has 8 heteroatoms. The summed E-state index contributed by atoms with van der Waals surface area (Å²) in [5.74, 6) is -0.287. The normalized spacial score (nSPS) is 11.9. The van der Waals surface area contributed by atoms with Crippen molar-refractivity contribution < 1.29 is 13.9 Å². The molecule has 1 atom stereocenters. The van der Waals surface area contributed by atoms with Crippen LogP contribution < -0.4 is 10.1 Å². The van der Waals surface area contributed by atoms with Crippen molar-refractivity contribution in [1.82, 2.24) is 14.9 Å². The lowest BCUT2D eigenvalue weighted by molar-refractivity contribution is -0.123. The van der Waals surface area contributed by atoms with Gasteiger partial charge in [-0.25, -0.2) is 9.37 Å². The Morgan fingerprint density at radius 3 is 2.70 bits per heavy atom. The van der Waals surface area contributed by atoms with Crippen molar-refractivity contribution in [2.45, 2.75) is 6.04 Å². The minimum Gasteiger partial charge on any atom is -0.481 e. The maximum absolute atomic E-state index is 13.8. The molecule has 0 aliphatic carbocycles. The molecule has 0 aliphatic heterocycles. The van der Waals surface area contributed by atoms with Crippen LogP contribution in [0.15, 0.2) is 59.3 Å². The maximum Gasteiger partial charge on any atom is 0.258 e. The van der Waals surface area contributed by atoms with E-state index in [0.717, 1.165) is 5.56 Å². The molecular formula is C19H16BrClFN3O2. The highest BCUT2D eigenvalue weighted by atomic mass is 79.9. The number of aryl methyl sites for hydroxylation is 1. The number of hydrogen-bond acceptors (Lipinski definition) is 3. The van der Waals surface area contributed by atoms with Gasteiger partial charge in [-0.2, -0.15) is 0 Å². The lowest BCUT2D eigenvalue weighted by Gasteiger charge is -2.19. The second-order valence-electron chi connectivity index (χ2n) is 5.81. The highest BCUT2D eigenvalue weighted by Crippen LogP contribution is 2.23. The summed E-state index contributed by atoms with van der Waals surface area (Å²) in [6.07, 6.45) is 3.44. The summed E-state index contributed by atoms with van der Waals surface area (Å²) in [5, 5.41) is 3.47. The van der Waals surface area contributed by atoms with Gasteiger partial charge in [0.1, 0.15) is 11.9 Å². The molecule has 3 aromatic rings. The van der Waals surface area contributed by atoms with Gasteiger partial charge in [-0.1, -0.05) is 39.7 Å². The first-order valence-electron chi connectivity index (χ1n) is 8.04. The number of ether oxygens (including phenoxy) is 1. The number of halogens is 3. The third-order valence-corrected chi connectivity index (χ3v) is 4.62. The second kappa shape index (κ2) is 8.54. The van der Waals surface area contributed by atoms with E-state index >= 15 is 0 Å². The lowest BCUT2D eigenvalue weighted by Crippen LogP contribution is -2.34. The molecule has 0 radical (unpaired) electrons. The Bertz CT molecular complexity index is 946. The molecular weight excluding hydrogens is 437 g/mol. The molecule has 0 saturated heterocycles. The van der Waals surface area contributed by atoms with Gasteiger partial charge in [0.25, 0.3) is 5.91 Å². The number of aromatic nitrogens is 2. The first-order chi connectivity index (χ1) is 12.9. The third-order valence-electron chi connectivity index (χ3n) is 3.88. The fourth-order valence-corrected chi connectivity index (χ4v) is 3.00. The van der Waals surface area contributed by atoms with Crippen LogP contribution in [-0.2, 0) is 11.8 Å². The summed E-state index contributed by atoms with van der Waals surface area (Å²) in [5.41, 5.74) is 0.817. The van der Waals surface area contributed by atoms with E-state index in [1.807, 2.05) is 23.7 Å². The number of benzene rings is 2. The number of carbonyl (C=O) groups excluding carboxylic acids is 1. The van der Waals surface area contributed by atoms with Crippen LogP contribution in [0.1, 0.15) is 17.4 Å². The lowest BCUT2D eigenvalue weighted by atomic mass is 10.1. The number of nitrogens with zero attached hydrogens (tertiary/aromatic N) is 2. The topological polar surface area (TPSA) is 56.2 Å². The maximum atomic E-state index is 13.8. The predicted molar refractivity (Wildman–Crippen MR) is 104 cm³/mol. The van der Waals surface area contributed by atoms with Crippen molar-refractivity contribution in [2.75, 3.05) is 6.61 Å². The van der Waals surface area contributed by atoms with E-state index in [1.165, 1.54) is 12.1 Å². The van der Waals surface area contributed by atoms with Crippen molar-refractivity contribution in [3.63, 3.8) is 0 Å². The van der Waals surface area contributed by atoms with Gasteiger partial charge in [-0.05, 0) is 35.9 Å². The van der Waals surface area contributed by atoms with E-state index in [9.17, 15) is 9.18 Å². The van der Waals surface area contributed by atoms with Gasteiger partial charge in [-0.3, -0.25) is 4.79 Å². The van der Waals surface area contributed by atoms with Gasteiger partial charge >= 0.3 is 0 Å². The van der Waals surface area contributed by atoms with Gasteiger partial charge in [0.05, 0.1) is 0 Å². The number of nitrogens with one attached hydrogen (secondary N) is 1. The van der Waals surface area contributed by atoms with E-state index in [-0.39, 0.29) is 12.4 Å². The van der Waals surface area contributed by atoms with Gasteiger partial charge in [0.2, 0.25) is 0 Å². The van der Waals surface area contributed by atoms with Crippen molar-refractivity contribution in [3.8, 4) is 5.75 Å². The highest BCUT2D eigenvalue weighted by molar-refractivity contribution is 9.10. The summed E-state index contributed by atoms with van der Waals surface area (Å²) in [7, 11) is 1.84. The molecule has 5 nitrogen and oxygen atoms in total. The summed E-state index contributed by atoms with van der Waals surface area (Å²) in [6, 6.07) is 11.0. The van der Waals surface area contributed by atoms with Gasteiger partial charge < -0.3 is 14.6 Å². The molecule has 0 fully saturated rings. The van der Waals surface area contributed by atoms with Gasteiger partial charge in [0.15, 0.2) is 18.2 Å². The van der Waals surface area contributed by atoms with Crippen molar-refractivity contribution in [3.05, 3.63) is 81.6 Å². The highest BCUT2D eigenvalue weighted by Gasteiger charge is 2.21. The molecule has 0 unspecified atom stereocenters. The van der Waals surface area contributed by atoms with E-state index in [4.69, 9.17) is 16.3 Å². The summed E-state index contributed by atoms with van der Waals surface area (Å²) in [4.78, 5) is 16.7. The molecule has 1 aromatic heterocycles. The molecule has 0 saturated carbocycles. The average molecular weight is 453 g/mol. The fraction of sp³-hybridized carbons (Fsp3) is 0.158. The zero-order valence-corrected chi connectivity index (χ0v) is 16.7. The minimum atomic E-state index is -0.546. The molecule has 0 aliphatic rings. The molecule has 140 valence electrons. The van der Waals surface area contributed by atoms with E-state index in [0.29, 0.717) is 15.3 Å². The summed E-state index contributed by atoms with van der Waals surface area (Å²) >= 11 is 9.13. The first kappa shape index (κ1) is 19.4. The van der Waals surface area contributed by atoms with Crippen LogP contribution in [-0.4, -0.2) is 22.1 Å². The number of amides is 1. The van der Waals surface area contributed by atoms with Crippen LogP contribution in [0.5, 0.6) is 5.75 Å². The van der Waals surface area contributed by atoms with Crippen LogP contribution in [0.4, 0.5) is 4.39 Å². The zero-order valence-electron chi connectivity index (χ0n) is 14.3. The monoisotopic (exact) mass is 451 g/mol. The van der Waals surface area contributed by atoms with Crippen LogP contribution >= 0.6 is 27.5 Å². The molecule has 0 spiro atoms. The predicted octanol–water partition coefficient (Wildman–Crippen LogP) is 4.26. The third kappa shape index (κ3) is 4.87. The van der Waals surface area contributed by atoms with Crippen LogP contribution in [0, 0.1) is 5.82 Å². The summed E-state index contributed by atoms with van der Waals surface area (Å²) in [6.45, 7) is -0.326. The largest absolute Gasteiger partial charge is 0.481 e. The van der Waals surface area contributed by atoms with Gasteiger partial charge in [0, 0.05) is 28.9 Å². The molecule has 1 amide bonds. The van der Waals surface area contributed by atoms with Crippen LogP contribution in [0.3, 0.4) is 0 Å². The number of rotatable bonds is 6. The smallest absolute Gasteiger partial charge is 0.258 e. The molecule has 3 rings (SSSR count). The Labute approximate surface area is 169 Å². The van der Waals surface area contributed by atoms with Crippen LogP contribution in [0.2, 0.25) is 5.02 Å². The molecule has 1 N–H and O–H groups in total. The average Bonchev–Trinajstić information content (AvgIpc) is 3.05. The Balaban J connectivity index is 1.74. The number of imidazole rings is 1. The second-order valence-corrected chi connectivity index (χ2v) is 7.16. The standard InChI is InChI=1S/C19H16BrClFN3O2/c1-25-9-8-23-19(25)18(12-2-5-14(21)6-3-12)24-17(26)11-27-16-7-4-13(20)10-15(16)22/h2-10,18H,11H2,1H3,(H,24,26)/t18-/m1/s1. The molecule has 1 heterocycles. The first-order valence-corrected chi connectivity index (χ1v) is 9.21. The summed E-state index contributed by atoms with van der Waals surface area (Å²) < 4.78 is 21.5. The Morgan fingerprint density at radius 2 is 2.07 bits per heavy atom. The minimum absolute atomic E-state index is 0.00776. The van der Waals surface area contributed by atoms with Crippen molar-refractivity contribution in [1.29, 1.82) is 0 Å². The van der Waals surface area contributed by atoms with Crippen LogP contribution in [0.25, 0.3) is 0 Å². The quantitative estimate of drug-likeness (QED) is 0.608.